The van der Waals surface area contributed by atoms with Gasteiger partial charge in [-0.25, -0.2) is 14.4 Å². The largest absolute Gasteiger partial charge is 0.424 e. The Labute approximate surface area is 232 Å². The van der Waals surface area contributed by atoms with E-state index in [1.165, 1.54) is 12.1 Å². The third-order valence-corrected chi connectivity index (χ3v) is 7.42. The molecule has 0 saturated carbocycles. The van der Waals surface area contributed by atoms with Gasteiger partial charge >= 0.3 is 6.01 Å². The van der Waals surface area contributed by atoms with Crippen LogP contribution in [0, 0.1) is 5.82 Å². The van der Waals surface area contributed by atoms with Crippen molar-refractivity contribution in [2.24, 2.45) is 0 Å². The van der Waals surface area contributed by atoms with E-state index in [0.717, 1.165) is 74.6 Å². The molecule has 1 amide bonds. The predicted octanol–water partition coefficient (Wildman–Crippen LogP) is 3.84. The van der Waals surface area contributed by atoms with E-state index in [1.807, 2.05) is 41.6 Å². The van der Waals surface area contributed by atoms with Crippen LogP contribution in [0.3, 0.4) is 0 Å². The summed E-state index contributed by atoms with van der Waals surface area (Å²) in [6, 6.07) is 16.2. The Morgan fingerprint density at radius 1 is 0.975 bits per heavy atom. The molecular formula is C30H32FN7O2. The standard InChI is InChI=1S/C30H32FN7O2/c31-23-6-4-22(5-7-23)28-29(38(20-35-28)24-8-11-32-12-9-24)26-10-13-34-30(36-26)40-25-3-1-2-21(18-25)19-27(39)37-16-14-33-15-17-37/h1-7,10,13,18,20,24,32-33H,8-9,11-12,14-17,19H2. The SMILES string of the molecule is O=C(Cc1cccc(Oc2nccc(-c3c(-c4ccc(F)cc4)ncn3C3CCNCC3)n2)c1)N1CCNCC1. The topological polar surface area (TPSA) is 97.2 Å². The van der Waals surface area contributed by atoms with Crippen LogP contribution in [0.5, 0.6) is 11.8 Å². The molecule has 10 heteroatoms. The number of hydrogen-bond acceptors (Lipinski definition) is 7. The molecule has 2 aromatic carbocycles. The zero-order chi connectivity index (χ0) is 27.3. The first-order valence-electron chi connectivity index (χ1n) is 13.8. The molecule has 2 aromatic heterocycles. The number of halogens is 1. The van der Waals surface area contributed by atoms with E-state index in [0.29, 0.717) is 17.9 Å². The van der Waals surface area contributed by atoms with Gasteiger partial charge in [0.05, 0.1) is 29.8 Å². The maximum absolute atomic E-state index is 13.7. The van der Waals surface area contributed by atoms with Crippen LogP contribution in [-0.4, -0.2) is 69.6 Å². The zero-order valence-electron chi connectivity index (χ0n) is 22.2. The highest BCUT2D eigenvalue weighted by Gasteiger charge is 2.24. The average molecular weight is 542 g/mol. The molecule has 2 fully saturated rings. The van der Waals surface area contributed by atoms with Crippen LogP contribution < -0.4 is 15.4 Å². The minimum absolute atomic E-state index is 0.108. The fourth-order valence-corrected chi connectivity index (χ4v) is 5.34. The smallest absolute Gasteiger partial charge is 0.322 e. The summed E-state index contributed by atoms with van der Waals surface area (Å²) in [6.07, 6.45) is 5.78. The maximum Gasteiger partial charge on any atom is 0.322 e. The Bertz CT molecular complexity index is 1460. The highest BCUT2D eigenvalue weighted by molar-refractivity contribution is 5.79. The van der Waals surface area contributed by atoms with Gasteiger partial charge < -0.3 is 24.8 Å². The van der Waals surface area contributed by atoms with Gasteiger partial charge in [-0.05, 0) is 74.0 Å². The van der Waals surface area contributed by atoms with Gasteiger partial charge in [0.1, 0.15) is 11.6 Å². The summed E-state index contributed by atoms with van der Waals surface area (Å²) >= 11 is 0. The minimum atomic E-state index is -0.294. The third kappa shape index (κ3) is 5.88. The molecule has 4 aromatic rings. The van der Waals surface area contributed by atoms with Crippen molar-refractivity contribution in [3.8, 4) is 34.4 Å². The first-order valence-corrected chi connectivity index (χ1v) is 13.8. The minimum Gasteiger partial charge on any atom is -0.424 e. The molecule has 40 heavy (non-hydrogen) atoms. The fraction of sp³-hybridized carbons (Fsp3) is 0.333. The van der Waals surface area contributed by atoms with Crippen molar-refractivity contribution in [3.63, 3.8) is 0 Å². The predicted molar refractivity (Wildman–Crippen MR) is 149 cm³/mol. The van der Waals surface area contributed by atoms with Gasteiger partial charge in [0.15, 0.2) is 0 Å². The molecule has 6 rings (SSSR count). The van der Waals surface area contributed by atoms with Crippen molar-refractivity contribution < 1.29 is 13.9 Å². The van der Waals surface area contributed by atoms with Crippen LogP contribution in [0.1, 0.15) is 24.4 Å². The van der Waals surface area contributed by atoms with E-state index < -0.39 is 0 Å². The molecule has 4 heterocycles. The van der Waals surface area contributed by atoms with Gasteiger partial charge in [0, 0.05) is 44.0 Å². The van der Waals surface area contributed by atoms with Crippen molar-refractivity contribution in [2.75, 3.05) is 39.3 Å². The average Bonchev–Trinajstić information content (AvgIpc) is 3.44. The Morgan fingerprint density at radius 3 is 2.55 bits per heavy atom. The number of ether oxygens (including phenoxy) is 1. The van der Waals surface area contributed by atoms with Gasteiger partial charge in [0.2, 0.25) is 5.91 Å². The molecule has 2 saturated heterocycles. The number of carbonyl (C=O) groups excluding carboxylic acids is 1. The number of nitrogens with zero attached hydrogens (tertiary/aromatic N) is 5. The molecule has 9 nitrogen and oxygen atoms in total. The molecule has 2 N–H and O–H groups in total. The molecule has 0 aliphatic carbocycles. The first-order chi connectivity index (χ1) is 19.6. The van der Waals surface area contributed by atoms with Crippen LogP contribution in [0.2, 0.25) is 0 Å². The lowest BCUT2D eigenvalue weighted by Gasteiger charge is -2.27. The number of aromatic nitrogens is 4. The van der Waals surface area contributed by atoms with Crippen molar-refractivity contribution in [1.29, 1.82) is 0 Å². The second-order valence-electron chi connectivity index (χ2n) is 10.1. The number of hydrogen-bond donors (Lipinski definition) is 2. The molecule has 2 aliphatic heterocycles. The molecule has 0 radical (unpaired) electrons. The molecule has 0 bridgehead atoms. The van der Waals surface area contributed by atoms with Crippen LogP contribution >= 0.6 is 0 Å². The van der Waals surface area contributed by atoms with Gasteiger partial charge in [-0.2, -0.15) is 4.98 Å². The third-order valence-electron chi connectivity index (χ3n) is 7.42. The Morgan fingerprint density at radius 2 is 1.75 bits per heavy atom. The van der Waals surface area contributed by atoms with E-state index in [2.05, 4.69) is 20.2 Å². The van der Waals surface area contributed by atoms with Crippen molar-refractivity contribution in [2.45, 2.75) is 25.3 Å². The van der Waals surface area contributed by atoms with Gasteiger partial charge in [-0.1, -0.05) is 12.1 Å². The summed E-state index contributed by atoms with van der Waals surface area (Å²) in [5.41, 5.74) is 3.94. The maximum atomic E-state index is 13.7. The molecule has 0 unspecified atom stereocenters. The lowest BCUT2D eigenvalue weighted by molar-refractivity contribution is -0.131. The number of amides is 1. The summed E-state index contributed by atoms with van der Waals surface area (Å²) in [4.78, 5) is 28.5. The number of piperidine rings is 1. The van der Waals surface area contributed by atoms with Gasteiger partial charge in [0.25, 0.3) is 0 Å². The van der Waals surface area contributed by atoms with Gasteiger partial charge in [-0.3, -0.25) is 4.79 Å². The molecule has 0 atom stereocenters. The van der Waals surface area contributed by atoms with Crippen LogP contribution in [0.4, 0.5) is 4.39 Å². The van der Waals surface area contributed by atoms with Crippen LogP contribution in [-0.2, 0) is 11.2 Å². The summed E-state index contributed by atoms with van der Waals surface area (Å²) in [7, 11) is 0. The lowest BCUT2D eigenvalue weighted by Crippen LogP contribution is -2.46. The van der Waals surface area contributed by atoms with E-state index in [-0.39, 0.29) is 23.8 Å². The summed E-state index contributed by atoms with van der Waals surface area (Å²) in [6.45, 7) is 4.95. The molecule has 206 valence electrons. The monoisotopic (exact) mass is 541 g/mol. The van der Waals surface area contributed by atoms with Crippen molar-refractivity contribution in [1.82, 2.24) is 35.1 Å². The quantitative estimate of drug-likeness (QED) is 0.367. The number of nitrogens with one attached hydrogen (secondary N) is 2. The molecule has 2 aliphatic rings. The number of benzene rings is 2. The normalized spacial score (nSPS) is 16.2. The molecular weight excluding hydrogens is 509 g/mol. The fourth-order valence-electron chi connectivity index (χ4n) is 5.34. The van der Waals surface area contributed by atoms with Gasteiger partial charge in [-0.15, -0.1) is 0 Å². The summed E-state index contributed by atoms with van der Waals surface area (Å²) in [5, 5.41) is 6.68. The highest BCUT2D eigenvalue weighted by Crippen LogP contribution is 2.35. The molecule has 0 spiro atoms. The Hall–Kier alpha value is -4.15. The number of imidazole rings is 1. The van der Waals surface area contributed by atoms with E-state index in [9.17, 15) is 9.18 Å². The zero-order valence-corrected chi connectivity index (χ0v) is 22.2. The number of rotatable bonds is 7. The second-order valence-corrected chi connectivity index (χ2v) is 10.1. The summed E-state index contributed by atoms with van der Waals surface area (Å²) in [5.74, 6) is 0.377. The van der Waals surface area contributed by atoms with Crippen LogP contribution in [0.25, 0.3) is 22.6 Å². The lowest BCUT2D eigenvalue weighted by atomic mass is 10.0. The van der Waals surface area contributed by atoms with Crippen molar-refractivity contribution >= 4 is 5.91 Å². The Kier molecular flexibility index (Phi) is 7.78. The van der Waals surface area contributed by atoms with E-state index in [4.69, 9.17) is 14.7 Å². The highest BCUT2D eigenvalue weighted by atomic mass is 19.1. The Balaban J connectivity index is 1.27. The number of piperazine rings is 1. The van der Waals surface area contributed by atoms with E-state index >= 15 is 0 Å². The van der Waals surface area contributed by atoms with E-state index in [1.54, 1.807) is 18.3 Å². The summed E-state index contributed by atoms with van der Waals surface area (Å²) < 4.78 is 21.9. The van der Waals surface area contributed by atoms with Crippen LogP contribution in [0.15, 0.2) is 67.1 Å². The number of carbonyl (C=O) groups is 1. The first kappa shape index (κ1) is 26.1. The second kappa shape index (κ2) is 11.9. The van der Waals surface area contributed by atoms with Crippen molar-refractivity contribution in [3.05, 3.63) is 78.5 Å².